The van der Waals surface area contributed by atoms with E-state index < -0.39 is 5.97 Å². The fourth-order valence-corrected chi connectivity index (χ4v) is 2.11. The van der Waals surface area contributed by atoms with Gasteiger partial charge in [-0.25, -0.2) is 9.78 Å². The van der Waals surface area contributed by atoms with E-state index in [-0.39, 0.29) is 0 Å². The summed E-state index contributed by atoms with van der Waals surface area (Å²) in [6.07, 6.45) is 1.87. The van der Waals surface area contributed by atoms with Gasteiger partial charge in [-0.1, -0.05) is 0 Å². The van der Waals surface area contributed by atoms with Gasteiger partial charge in [-0.2, -0.15) is 5.10 Å². The van der Waals surface area contributed by atoms with Gasteiger partial charge < -0.3 is 10.1 Å². The Morgan fingerprint density at radius 2 is 2.44 bits per heavy atom. The molecule has 0 spiro atoms. The SMILES string of the molecule is CCOC(=O)c1ncsc1NCc1ccn(C)n1. The third kappa shape index (κ3) is 2.86. The molecule has 2 rings (SSSR count). The number of thiazole rings is 1. The third-order valence-corrected chi connectivity index (χ3v) is 3.02. The molecule has 2 aromatic rings. The number of carbonyl (C=O) groups is 1. The number of rotatable bonds is 5. The number of aromatic nitrogens is 3. The number of hydrogen-bond acceptors (Lipinski definition) is 6. The van der Waals surface area contributed by atoms with E-state index >= 15 is 0 Å². The lowest BCUT2D eigenvalue weighted by Crippen LogP contribution is -2.09. The van der Waals surface area contributed by atoms with E-state index in [4.69, 9.17) is 4.74 Å². The largest absolute Gasteiger partial charge is 0.461 e. The molecule has 0 fully saturated rings. The summed E-state index contributed by atoms with van der Waals surface area (Å²) in [4.78, 5) is 15.6. The number of anilines is 1. The number of carbonyl (C=O) groups excluding carboxylic acids is 1. The number of ether oxygens (including phenoxy) is 1. The molecule has 0 radical (unpaired) electrons. The molecular weight excluding hydrogens is 252 g/mol. The first kappa shape index (κ1) is 12.6. The Balaban J connectivity index is 2.01. The van der Waals surface area contributed by atoms with Gasteiger partial charge in [-0.3, -0.25) is 4.68 Å². The zero-order valence-electron chi connectivity index (χ0n) is 10.2. The lowest BCUT2D eigenvalue weighted by Gasteiger charge is -2.04. The summed E-state index contributed by atoms with van der Waals surface area (Å²) in [7, 11) is 1.86. The zero-order valence-corrected chi connectivity index (χ0v) is 11.0. The molecule has 0 unspecified atom stereocenters. The van der Waals surface area contributed by atoms with Gasteiger partial charge in [0.2, 0.25) is 0 Å². The van der Waals surface area contributed by atoms with Crippen molar-refractivity contribution in [3.05, 3.63) is 29.2 Å². The minimum absolute atomic E-state index is 0.331. The topological polar surface area (TPSA) is 69.0 Å². The van der Waals surface area contributed by atoms with Crippen LogP contribution < -0.4 is 5.32 Å². The van der Waals surface area contributed by atoms with E-state index in [0.717, 1.165) is 5.69 Å². The maximum Gasteiger partial charge on any atom is 0.360 e. The molecule has 96 valence electrons. The fourth-order valence-electron chi connectivity index (χ4n) is 1.44. The van der Waals surface area contributed by atoms with Crippen molar-refractivity contribution >= 4 is 22.3 Å². The summed E-state index contributed by atoms with van der Waals surface area (Å²) in [6.45, 7) is 2.66. The van der Waals surface area contributed by atoms with Gasteiger partial charge in [-0.05, 0) is 13.0 Å². The lowest BCUT2D eigenvalue weighted by molar-refractivity contribution is 0.0521. The smallest absolute Gasteiger partial charge is 0.360 e. The summed E-state index contributed by atoms with van der Waals surface area (Å²) >= 11 is 1.37. The third-order valence-electron chi connectivity index (χ3n) is 2.24. The van der Waals surface area contributed by atoms with Crippen LogP contribution in [0.25, 0.3) is 0 Å². The normalized spacial score (nSPS) is 10.3. The molecule has 0 aromatic carbocycles. The number of hydrogen-bond donors (Lipinski definition) is 1. The van der Waals surface area contributed by atoms with Gasteiger partial charge in [0.05, 0.1) is 24.4 Å². The fraction of sp³-hybridized carbons (Fsp3) is 0.364. The predicted molar refractivity (Wildman–Crippen MR) is 68.6 cm³/mol. The maximum atomic E-state index is 11.6. The van der Waals surface area contributed by atoms with Gasteiger partial charge >= 0.3 is 5.97 Å². The van der Waals surface area contributed by atoms with Crippen LogP contribution >= 0.6 is 11.3 Å². The number of aryl methyl sites for hydroxylation is 1. The first-order valence-electron chi connectivity index (χ1n) is 5.53. The molecule has 2 aromatic heterocycles. The van der Waals surface area contributed by atoms with Crippen LogP contribution in [0, 0.1) is 0 Å². The molecule has 0 atom stereocenters. The molecule has 0 aliphatic rings. The van der Waals surface area contributed by atoms with Gasteiger partial charge in [-0.15, -0.1) is 11.3 Å². The van der Waals surface area contributed by atoms with Crippen molar-refractivity contribution in [2.75, 3.05) is 11.9 Å². The predicted octanol–water partition coefficient (Wildman–Crippen LogP) is 1.67. The molecule has 2 heterocycles. The number of esters is 1. The van der Waals surface area contributed by atoms with Crippen molar-refractivity contribution in [1.29, 1.82) is 0 Å². The highest BCUT2D eigenvalue weighted by Crippen LogP contribution is 2.21. The molecule has 18 heavy (non-hydrogen) atoms. The van der Waals surface area contributed by atoms with E-state index in [2.05, 4.69) is 15.4 Å². The van der Waals surface area contributed by atoms with E-state index in [1.54, 1.807) is 17.1 Å². The number of nitrogens with zero attached hydrogens (tertiary/aromatic N) is 3. The average molecular weight is 266 g/mol. The first-order valence-corrected chi connectivity index (χ1v) is 6.41. The molecule has 0 bridgehead atoms. The summed E-state index contributed by atoms with van der Waals surface area (Å²) in [6, 6.07) is 1.91. The van der Waals surface area contributed by atoms with Crippen LogP contribution in [0.5, 0.6) is 0 Å². The molecule has 0 amide bonds. The van der Waals surface area contributed by atoms with Crippen molar-refractivity contribution in [3.8, 4) is 0 Å². The van der Waals surface area contributed by atoms with Gasteiger partial charge in [0, 0.05) is 13.2 Å². The van der Waals surface area contributed by atoms with Crippen LogP contribution in [-0.2, 0) is 18.3 Å². The van der Waals surface area contributed by atoms with Crippen molar-refractivity contribution in [3.63, 3.8) is 0 Å². The second kappa shape index (κ2) is 5.63. The Morgan fingerprint density at radius 3 is 3.11 bits per heavy atom. The summed E-state index contributed by atoms with van der Waals surface area (Å²) in [5.74, 6) is -0.401. The van der Waals surface area contributed by atoms with E-state index in [9.17, 15) is 4.79 Å². The summed E-state index contributed by atoms with van der Waals surface area (Å²) in [5.41, 5.74) is 2.85. The quantitative estimate of drug-likeness (QED) is 0.834. The second-order valence-corrected chi connectivity index (χ2v) is 4.44. The Kier molecular flexibility index (Phi) is 3.93. The van der Waals surface area contributed by atoms with Gasteiger partial charge in [0.15, 0.2) is 5.69 Å². The monoisotopic (exact) mass is 266 g/mol. The molecule has 0 aliphatic carbocycles. The minimum Gasteiger partial charge on any atom is -0.461 e. The molecule has 0 saturated carbocycles. The molecule has 1 N–H and O–H groups in total. The van der Waals surface area contributed by atoms with Crippen LogP contribution in [0.2, 0.25) is 0 Å². The number of nitrogens with one attached hydrogen (secondary N) is 1. The Morgan fingerprint density at radius 1 is 1.61 bits per heavy atom. The van der Waals surface area contributed by atoms with E-state index in [1.807, 2.05) is 19.3 Å². The van der Waals surface area contributed by atoms with Crippen LogP contribution in [-0.4, -0.2) is 27.3 Å². The Bertz CT molecular complexity index is 535. The molecule has 0 saturated heterocycles. The maximum absolute atomic E-state index is 11.6. The van der Waals surface area contributed by atoms with Crippen molar-refractivity contribution in [1.82, 2.24) is 14.8 Å². The minimum atomic E-state index is -0.401. The summed E-state index contributed by atoms with van der Waals surface area (Å²) < 4.78 is 6.66. The van der Waals surface area contributed by atoms with Crippen molar-refractivity contribution < 1.29 is 9.53 Å². The molecule has 0 aliphatic heterocycles. The van der Waals surface area contributed by atoms with Crippen LogP contribution in [0.3, 0.4) is 0 Å². The van der Waals surface area contributed by atoms with Gasteiger partial charge in [0.1, 0.15) is 5.00 Å². The highest BCUT2D eigenvalue weighted by molar-refractivity contribution is 7.14. The second-order valence-electron chi connectivity index (χ2n) is 3.58. The van der Waals surface area contributed by atoms with Crippen molar-refractivity contribution in [2.24, 2.45) is 7.05 Å². The molecular formula is C11H14N4O2S. The first-order chi connectivity index (χ1) is 8.70. The van der Waals surface area contributed by atoms with E-state index in [1.165, 1.54) is 11.3 Å². The molecule has 7 heteroatoms. The lowest BCUT2D eigenvalue weighted by atomic mass is 10.4. The van der Waals surface area contributed by atoms with Crippen LogP contribution in [0.4, 0.5) is 5.00 Å². The highest BCUT2D eigenvalue weighted by Gasteiger charge is 2.15. The Hall–Kier alpha value is -1.89. The van der Waals surface area contributed by atoms with Crippen LogP contribution in [0.15, 0.2) is 17.8 Å². The van der Waals surface area contributed by atoms with Gasteiger partial charge in [0.25, 0.3) is 0 Å². The van der Waals surface area contributed by atoms with Crippen molar-refractivity contribution in [2.45, 2.75) is 13.5 Å². The summed E-state index contributed by atoms with van der Waals surface area (Å²) in [5, 5.41) is 8.09. The standard InChI is InChI=1S/C11H14N4O2S/c1-3-17-11(16)9-10(18-7-13-9)12-6-8-4-5-15(2)14-8/h4-5,7,12H,3,6H2,1-2H3. The zero-order chi connectivity index (χ0) is 13.0. The highest BCUT2D eigenvalue weighted by atomic mass is 32.1. The van der Waals surface area contributed by atoms with E-state index in [0.29, 0.717) is 23.8 Å². The average Bonchev–Trinajstić information content (AvgIpc) is 2.95. The Labute approximate surface area is 109 Å². The molecule has 6 nitrogen and oxygen atoms in total. The van der Waals surface area contributed by atoms with Crippen LogP contribution in [0.1, 0.15) is 23.1 Å².